The summed E-state index contributed by atoms with van der Waals surface area (Å²) in [5, 5.41) is 16.2. The summed E-state index contributed by atoms with van der Waals surface area (Å²) in [7, 11) is 0. The standard InChI is InChI=1S/C33H25N3O3/c34-22-27-30(23-13-5-1-6-14-23)31(33(38)36-26-19-11-4-12-20-26)28(39-32(27)24-15-7-2-8-16-24)21-29(37)35-25-17-9-3-10-18-25/h1-20,30H,21H2,(H,35,37)(H,36,38). The molecular formula is C33H25N3O3. The van der Waals surface area contributed by atoms with Gasteiger partial charge in [0.05, 0.1) is 29.6 Å². The number of amides is 2. The molecule has 1 heterocycles. The highest BCUT2D eigenvalue weighted by molar-refractivity contribution is 6.07. The first-order valence-electron chi connectivity index (χ1n) is 12.5. The van der Waals surface area contributed by atoms with Crippen LogP contribution in [-0.2, 0) is 14.3 Å². The van der Waals surface area contributed by atoms with Gasteiger partial charge in [-0.05, 0) is 29.8 Å². The number of hydrogen-bond acceptors (Lipinski definition) is 4. The van der Waals surface area contributed by atoms with Gasteiger partial charge in [-0.15, -0.1) is 0 Å². The van der Waals surface area contributed by atoms with Gasteiger partial charge in [-0.1, -0.05) is 97.1 Å². The molecule has 1 unspecified atom stereocenters. The highest BCUT2D eigenvalue weighted by Gasteiger charge is 2.38. The quantitative estimate of drug-likeness (QED) is 0.290. The predicted octanol–water partition coefficient (Wildman–Crippen LogP) is 6.66. The highest BCUT2D eigenvalue weighted by atomic mass is 16.5. The van der Waals surface area contributed by atoms with E-state index in [2.05, 4.69) is 16.7 Å². The number of ether oxygens (including phenoxy) is 1. The molecule has 0 fully saturated rings. The molecule has 1 aliphatic heterocycles. The Kier molecular flexibility index (Phi) is 7.61. The number of para-hydroxylation sites is 2. The van der Waals surface area contributed by atoms with E-state index < -0.39 is 11.8 Å². The number of carbonyl (C=O) groups excluding carboxylic acids is 2. The molecule has 4 aromatic carbocycles. The molecule has 6 heteroatoms. The number of nitriles is 1. The van der Waals surface area contributed by atoms with Crippen LogP contribution in [-0.4, -0.2) is 11.8 Å². The third kappa shape index (κ3) is 5.79. The van der Waals surface area contributed by atoms with Crippen molar-refractivity contribution in [3.05, 3.63) is 149 Å². The maximum absolute atomic E-state index is 13.9. The molecule has 4 aromatic rings. The second-order valence-corrected chi connectivity index (χ2v) is 8.91. The van der Waals surface area contributed by atoms with Crippen molar-refractivity contribution in [2.45, 2.75) is 12.3 Å². The van der Waals surface area contributed by atoms with E-state index in [0.717, 1.165) is 5.56 Å². The fraction of sp³-hybridized carbons (Fsp3) is 0.0606. The van der Waals surface area contributed by atoms with Crippen LogP contribution >= 0.6 is 0 Å². The Morgan fingerprint density at radius 1 is 0.718 bits per heavy atom. The largest absolute Gasteiger partial charge is 0.459 e. The number of benzene rings is 4. The molecule has 190 valence electrons. The average molecular weight is 512 g/mol. The second-order valence-electron chi connectivity index (χ2n) is 8.91. The fourth-order valence-electron chi connectivity index (χ4n) is 4.55. The van der Waals surface area contributed by atoms with Gasteiger partial charge in [-0.25, -0.2) is 0 Å². The van der Waals surface area contributed by atoms with Gasteiger partial charge in [-0.2, -0.15) is 5.26 Å². The Hall–Kier alpha value is -5.41. The third-order valence-corrected chi connectivity index (χ3v) is 6.29. The van der Waals surface area contributed by atoms with Crippen LogP contribution in [0.5, 0.6) is 0 Å². The summed E-state index contributed by atoms with van der Waals surface area (Å²) in [5.41, 5.74) is 3.14. The number of nitrogens with one attached hydrogen (secondary N) is 2. The second kappa shape index (κ2) is 11.8. The number of allylic oxidation sites excluding steroid dienone is 1. The first kappa shape index (κ1) is 25.2. The Morgan fingerprint density at radius 2 is 1.23 bits per heavy atom. The molecule has 0 radical (unpaired) electrons. The molecule has 1 atom stereocenters. The van der Waals surface area contributed by atoms with Crippen LogP contribution in [0.2, 0.25) is 0 Å². The molecule has 5 rings (SSSR count). The zero-order valence-electron chi connectivity index (χ0n) is 21.0. The van der Waals surface area contributed by atoms with Crippen molar-refractivity contribution >= 4 is 28.9 Å². The predicted molar refractivity (Wildman–Crippen MR) is 151 cm³/mol. The molecule has 1 aliphatic rings. The molecule has 0 aromatic heterocycles. The monoisotopic (exact) mass is 511 g/mol. The minimum atomic E-state index is -0.747. The number of rotatable bonds is 7. The summed E-state index contributed by atoms with van der Waals surface area (Å²) >= 11 is 0. The summed E-state index contributed by atoms with van der Waals surface area (Å²) in [6.45, 7) is 0. The lowest BCUT2D eigenvalue weighted by molar-refractivity contribution is -0.116. The Labute approximate surface area is 226 Å². The zero-order valence-corrected chi connectivity index (χ0v) is 21.0. The van der Waals surface area contributed by atoms with Gasteiger partial charge in [0.25, 0.3) is 5.91 Å². The molecule has 0 saturated carbocycles. The average Bonchev–Trinajstić information content (AvgIpc) is 2.98. The summed E-state index contributed by atoms with van der Waals surface area (Å²) in [5.74, 6) is -1.03. The third-order valence-electron chi connectivity index (χ3n) is 6.29. The lowest BCUT2D eigenvalue weighted by Gasteiger charge is -2.30. The van der Waals surface area contributed by atoms with Crippen LogP contribution in [0.25, 0.3) is 5.76 Å². The van der Waals surface area contributed by atoms with E-state index in [9.17, 15) is 14.9 Å². The van der Waals surface area contributed by atoms with Crippen LogP contribution < -0.4 is 10.6 Å². The lowest BCUT2D eigenvalue weighted by Crippen LogP contribution is -2.28. The Balaban J connectivity index is 1.64. The van der Waals surface area contributed by atoms with Crippen LogP contribution in [0.1, 0.15) is 23.5 Å². The number of carbonyl (C=O) groups is 2. The van der Waals surface area contributed by atoms with E-state index >= 15 is 0 Å². The first-order valence-corrected chi connectivity index (χ1v) is 12.5. The number of hydrogen-bond donors (Lipinski definition) is 2. The van der Waals surface area contributed by atoms with Crippen molar-refractivity contribution in [1.29, 1.82) is 5.26 Å². The summed E-state index contributed by atoms with van der Waals surface area (Å²) in [6.07, 6.45) is -0.204. The van der Waals surface area contributed by atoms with Crippen LogP contribution in [0.15, 0.2) is 138 Å². The van der Waals surface area contributed by atoms with E-state index in [4.69, 9.17) is 4.74 Å². The lowest BCUT2D eigenvalue weighted by atomic mass is 9.80. The van der Waals surface area contributed by atoms with Crippen molar-refractivity contribution in [1.82, 2.24) is 0 Å². The van der Waals surface area contributed by atoms with Crippen LogP contribution in [0.3, 0.4) is 0 Å². The van der Waals surface area contributed by atoms with E-state index in [1.807, 2.05) is 97.1 Å². The maximum Gasteiger partial charge on any atom is 0.256 e. The summed E-state index contributed by atoms with van der Waals surface area (Å²) in [6, 6.07) is 39.0. The molecule has 0 saturated heterocycles. The fourth-order valence-corrected chi connectivity index (χ4v) is 4.55. The number of anilines is 2. The highest BCUT2D eigenvalue weighted by Crippen LogP contribution is 2.44. The molecule has 6 nitrogen and oxygen atoms in total. The van der Waals surface area contributed by atoms with E-state index in [-0.39, 0.29) is 29.2 Å². The summed E-state index contributed by atoms with van der Waals surface area (Å²) in [4.78, 5) is 27.1. The van der Waals surface area contributed by atoms with Crippen LogP contribution in [0.4, 0.5) is 11.4 Å². The number of nitrogens with zero attached hydrogens (tertiary/aromatic N) is 1. The molecule has 0 aliphatic carbocycles. The SMILES string of the molecule is N#CC1=C(c2ccccc2)OC(CC(=O)Nc2ccccc2)=C(C(=O)Nc2ccccc2)C1c1ccccc1. The van der Waals surface area contributed by atoms with E-state index in [1.165, 1.54) is 0 Å². The molecule has 2 N–H and O–H groups in total. The zero-order chi connectivity index (χ0) is 27.0. The van der Waals surface area contributed by atoms with Crippen molar-refractivity contribution in [3.63, 3.8) is 0 Å². The van der Waals surface area contributed by atoms with Crippen molar-refractivity contribution < 1.29 is 14.3 Å². The van der Waals surface area contributed by atoms with Gasteiger partial charge >= 0.3 is 0 Å². The smallest absolute Gasteiger partial charge is 0.256 e. The van der Waals surface area contributed by atoms with Gasteiger partial charge in [0.15, 0.2) is 0 Å². The normalized spacial score (nSPS) is 14.7. The van der Waals surface area contributed by atoms with E-state index in [0.29, 0.717) is 22.7 Å². The minimum Gasteiger partial charge on any atom is -0.459 e. The Morgan fingerprint density at radius 3 is 1.79 bits per heavy atom. The van der Waals surface area contributed by atoms with E-state index in [1.54, 1.807) is 24.3 Å². The molecule has 0 bridgehead atoms. The van der Waals surface area contributed by atoms with Gasteiger partial charge in [0.1, 0.15) is 11.5 Å². The summed E-state index contributed by atoms with van der Waals surface area (Å²) < 4.78 is 6.32. The maximum atomic E-state index is 13.9. The van der Waals surface area contributed by atoms with Gasteiger partial charge < -0.3 is 15.4 Å². The van der Waals surface area contributed by atoms with Crippen molar-refractivity contribution in [2.24, 2.45) is 0 Å². The topological polar surface area (TPSA) is 91.2 Å². The molecular weight excluding hydrogens is 486 g/mol. The van der Waals surface area contributed by atoms with Gasteiger partial charge in [0.2, 0.25) is 5.91 Å². The first-order chi connectivity index (χ1) is 19.1. The molecule has 39 heavy (non-hydrogen) atoms. The van der Waals surface area contributed by atoms with Crippen LogP contribution in [0, 0.1) is 11.3 Å². The van der Waals surface area contributed by atoms with Crippen molar-refractivity contribution in [2.75, 3.05) is 10.6 Å². The minimum absolute atomic E-state index is 0.184. The Bertz CT molecular complexity index is 1570. The molecule has 0 spiro atoms. The van der Waals surface area contributed by atoms with Gasteiger partial charge in [0, 0.05) is 16.9 Å². The molecule has 2 amide bonds. The van der Waals surface area contributed by atoms with Gasteiger partial charge in [-0.3, -0.25) is 9.59 Å². The van der Waals surface area contributed by atoms with Crippen molar-refractivity contribution in [3.8, 4) is 6.07 Å².